The summed E-state index contributed by atoms with van der Waals surface area (Å²) >= 11 is 0. The van der Waals surface area contributed by atoms with Gasteiger partial charge in [-0.05, 0) is 24.3 Å². The number of hydrazone groups is 1. The van der Waals surface area contributed by atoms with Gasteiger partial charge in [-0.2, -0.15) is 5.10 Å². The Hall–Kier alpha value is -3.07. The second kappa shape index (κ2) is 5.97. The van der Waals surface area contributed by atoms with Crippen LogP contribution in [0.15, 0.2) is 96.1 Å². The van der Waals surface area contributed by atoms with Crippen molar-refractivity contribution in [2.24, 2.45) is 5.10 Å². The highest BCUT2D eigenvalue weighted by atomic mass is 15.6. The molecule has 3 aromatic carbocycles. The van der Waals surface area contributed by atoms with Gasteiger partial charge < -0.3 is 4.90 Å². The Morgan fingerprint density at radius 2 is 1.13 bits per heavy atom. The van der Waals surface area contributed by atoms with Gasteiger partial charge in [-0.1, -0.05) is 66.7 Å². The van der Waals surface area contributed by atoms with Gasteiger partial charge in [-0.3, -0.25) is 0 Å². The minimum absolute atomic E-state index is 0.707. The molecule has 0 radical (unpaired) electrons. The molecule has 0 amide bonds. The zero-order valence-corrected chi connectivity index (χ0v) is 12.7. The average molecular weight is 299 g/mol. The molecule has 23 heavy (non-hydrogen) atoms. The number of rotatable bonds is 3. The zero-order valence-electron chi connectivity index (χ0n) is 12.7. The lowest BCUT2D eigenvalue weighted by atomic mass is 10.2. The summed E-state index contributed by atoms with van der Waals surface area (Å²) in [6.45, 7) is 0.707. The lowest BCUT2D eigenvalue weighted by molar-refractivity contribution is 0.912. The number of hydrogen-bond donors (Lipinski definition) is 0. The molecule has 3 aromatic rings. The van der Waals surface area contributed by atoms with Gasteiger partial charge >= 0.3 is 0 Å². The largest absolute Gasteiger partial charge is 0.304 e. The van der Waals surface area contributed by atoms with Gasteiger partial charge in [0, 0.05) is 11.3 Å². The van der Waals surface area contributed by atoms with Crippen LogP contribution in [-0.4, -0.2) is 12.5 Å². The summed E-state index contributed by atoms with van der Waals surface area (Å²) in [5, 5.41) is 6.90. The SMILES string of the molecule is c1ccc(C2=NN(c3ccccc3)CN2c2ccccc2)cc1. The fraction of sp³-hybridized carbons (Fsp3) is 0.0500. The molecule has 0 fully saturated rings. The van der Waals surface area contributed by atoms with E-state index in [4.69, 9.17) is 5.10 Å². The molecule has 0 unspecified atom stereocenters. The van der Waals surface area contributed by atoms with E-state index in [9.17, 15) is 0 Å². The van der Waals surface area contributed by atoms with Crippen molar-refractivity contribution in [2.45, 2.75) is 0 Å². The van der Waals surface area contributed by atoms with Crippen molar-refractivity contribution in [3.63, 3.8) is 0 Å². The molecule has 0 saturated heterocycles. The number of anilines is 2. The van der Waals surface area contributed by atoms with Crippen molar-refractivity contribution in [1.82, 2.24) is 0 Å². The first-order valence-electron chi connectivity index (χ1n) is 7.71. The highest BCUT2D eigenvalue weighted by molar-refractivity contribution is 6.11. The highest BCUT2D eigenvalue weighted by Crippen LogP contribution is 2.26. The van der Waals surface area contributed by atoms with E-state index in [1.165, 1.54) is 0 Å². The van der Waals surface area contributed by atoms with Gasteiger partial charge in [0.1, 0.15) is 6.67 Å². The quantitative estimate of drug-likeness (QED) is 0.716. The number of nitrogens with zero attached hydrogens (tertiary/aromatic N) is 3. The average Bonchev–Trinajstić information content (AvgIpc) is 3.09. The normalized spacial score (nSPS) is 14.0. The van der Waals surface area contributed by atoms with Crippen LogP contribution in [0.3, 0.4) is 0 Å². The summed E-state index contributed by atoms with van der Waals surface area (Å²) in [7, 11) is 0. The molecule has 0 saturated carbocycles. The third kappa shape index (κ3) is 2.69. The van der Waals surface area contributed by atoms with E-state index in [0.717, 1.165) is 22.8 Å². The van der Waals surface area contributed by atoms with Crippen LogP contribution >= 0.6 is 0 Å². The van der Waals surface area contributed by atoms with E-state index in [1.807, 2.05) is 47.5 Å². The molecular weight excluding hydrogens is 282 g/mol. The molecule has 0 atom stereocenters. The van der Waals surface area contributed by atoms with Crippen molar-refractivity contribution in [3.8, 4) is 0 Å². The Morgan fingerprint density at radius 3 is 1.74 bits per heavy atom. The molecule has 112 valence electrons. The molecule has 3 heteroatoms. The van der Waals surface area contributed by atoms with Crippen LogP contribution in [0.4, 0.5) is 11.4 Å². The van der Waals surface area contributed by atoms with Gasteiger partial charge in [0.05, 0.1) is 5.69 Å². The summed E-state index contributed by atoms with van der Waals surface area (Å²) in [6.07, 6.45) is 0. The predicted molar refractivity (Wildman–Crippen MR) is 95.7 cm³/mol. The number of benzene rings is 3. The minimum atomic E-state index is 0.707. The fourth-order valence-electron chi connectivity index (χ4n) is 2.75. The molecular formula is C20H17N3. The Bertz CT molecular complexity index is 798. The van der Waals surface area contributed by atoms with Crippen LogP contribution in [0.25, 0.3) is 0 Å². The number of amidine groups is 1. The summed E-state index contributed by atoms with van der Waals surface area (Å²) in [5.74, 6) is 0.973. The van der Waals surface area contributed by atoms with Crippen LogP contribution < -0.4 is 9.91 Å². The monoisotopic (exact) mass is 299 g/mol. The van der Waals surface area contributed by atoms with Crippen LogP contribution in [0.1, 0.15) is 5.56 Å². The van der Waals surface area contributed by atoms with Crippen LogP contribution in [0.5, 0.6) is 0 Å². The van der Waals surface area contributed by atoms with Gasteiger partial charge in [0.15, 0.2) is 5.84 Å². The highest BCUT2D eigenvalue weighted by Gasteiger charge is 2.26. The summed E-state index contributed by atoms with van der Waals surface area (Å²) < 4.78 is 0. The van der Waals surface area contributed by atoms with E-state index in [1.54, 1.807) is 0 Å². The van der Waals surface area contributed by atoms with E-state index in [0.29, 0.717) is 6.67 Å². The molecule has 0 aromatic heterocycles. The number of hydrogen-bond acceptors (Lipinski definition) is 3. The van der Waals surface area contributed by atoms with Crippen molar-refractivity contribution in [3.05, 3.63) is 96.6 Å². The first kappa shape index (κ1) is 13.6. The maximum atomic E-state index is 4.86. The van der Waals surface area contributed by atoms with E-state index >= 15 is 0 Å². The Labute approximate surface area is 136 Å². The molecule has 0 N–H and O–H groups in total. The maximum Gasteiger partial charge on any atom is 0.162 e. The topological polar surface area (TPSA) is 18.8 Å². The molecule has 0 aliphatic carbocycles. The fourth-order valence-corrected chi connectivity index (χ4v) is 2.75. The van der Waals surface area contributed by atoms with Crippen LogP contribution in [0.2, 0.25) is 0 Å². The van der Waals surface area contributed by atoms with E-state index in [-0.39, 0.29) is 0 Å². The minimum Gasteiger partial charge on any atom is -0.304 e. The van der Waals surface area contributed by atoms with E-state index in [2.05, 4.69) is 53.4 Å². The smallest absolute Gasteiger partial charge is 0.162 e. The van der Waals surface area contributed by atoms with Crippen LogP contribution in [-0.2, 0) is 0 Å². The van der Waals surface area contributed by atoms with Gasteiger partial charge in [0.25, 0.3) is 0 Å². The summed E-state index contributed by atoms with van der Waals surface area (Å²) in [4.78, 5) is 2.24. The molecule has 1 heterocycles. The standard InChI is InChI=1S/C20H17N3/c1-4-10-17(11-5-1)20-21-23(19-14-8-3-9-15-19)16-22(20)18-12-6-2-7-13-18/h1-15H,16H2. The second-order valence-corrected chi connectivity index (χ2v) is 5.43. The van der Waals surface area contributed by atoms with Gasteiger partial charge in [0.2, 0.25) is 0 Å². The Morgan fingerprint density at radius 1 is 0.609 bits per heavy atom. The van der Waals surface area contributed by atoms with Crippen molar-refractivity contribution in [2.75, 3.05) is 16.6 Å². The lowest BCUT2D eigenvalue weighted by Gasteiger charge is -2.21. The number of para-hydroxylation sites is 2. The first-order valence-corrected chi connectivity index (χ1v) is 7.71. The molecule has 1 aliphatic heterocycles. The van der Waals surface area contributed by atoms with Crippen molar-refractivity contribution in [1.29, 1.82) is 0 Å². The molecule has 0 spiro atoms. The zero-order chi connectivity index (χ0) is 15.5. The first-order chi connectivity index (χ1) is 11.4. The summed E-state index contributed by atoms with van der Waals surface area (Å²) in [6, 6.07) is 31.0. The van der Waals surface area contributed by atoms with Crippen LogP contribution in [0, 0.1) is 0 Å². The Balaban J connectivity index is 1.76. The summed E-state index contributed by atoms with van der Waals surface area (Å²) in [5.41, 5.74) is 3.36. The second-order valence-electron chi connectivity index (χ2n) is 5.43. The lowest BCUT2D eigenvalue weighted by Crippen LogP contribution is -2.31. The maximum absolute atomic E-state index is 4.86. The third-order valence-corrected chi connectivity index (χ3v) is 3.90. The predicted octanol–water partition coefficient (Wildman–Crippen LogP) is 4.33. The Kier molecular flexibility index (Phi) is 3.53. The van der Waals surface area contributed by atoms with Gasteiger partial charge in [-0.25, -0.2) is 5.01 Å². The van der Waals surface area contributed by atoms with E-state index < -0.39 is 0 Å². The van der Waals surface area contributed by atoms with Gasteiger partial charge in [-0.15, -0.1) is 0 Å². The molecule has 4 rings (SSSR count). The molecule has 1 aliphatic rings. The van der Waals surface area contributed by atoms with Crippen molar-refractivity contribution < 1.29 is 0 Å². The molecule has 0 bridgehead atoms. The third-order valence-electron chi connectivity index (χ3n) is 3.90. The molecule has 3 nitrogen and oxygen atoms in total. The van der Waals surface area contributed by atoms with Crippen molar-refractivity contribution >= 4 is 17.2 Å².